The van der Waals surface area contributed by atoms with Crippen LogP contribution in [-0.2, 0) is 4.89 Å². The van der Waals surface area contributed by atoms with Gasteiger partial charge in [0.15, 0.2) is 6.61 Å². The minimum absolute atomic E-state index is 0.349. The van der Waals surface area contributed by atoms with Crippen molar-refractivity contribution >= 4 is 0 Å². The molecule has 1 N–H and O–H groups in total. The van der Waals surface area contributed by atoms with Gasteiger partial charge in [-0.1, -0.05) is 0 Å². The summed E-state index contributed by atoms with van der Waals surface area (Å²) in [6.07, 6.45) is 0. The van der Waals surface area contributed by atoms with Crippen molar-refractivity contribution < 1.29 is 36.5 Å². The van der Waals surface area contributed by atoms with Crippen molar-refractivity contribution in [3.8, 4) is 0 Å². The molecule has 0 rings (SSSR count). The third-order valence-corrected chi connectivity index (χ3v) is 1.26. The van der Waals surface area contributed by atoms with E-state index in [1.54, 1.807) is 0 Å². The van der Waals surface area contributed by atoms with Crippen LogP contribution in [0.1, 0.15) is 6.92 Å². The molecule has 0 fully saturated rings. The van der Waals surface area contributed by atoms with E-state index in [-0.39, 0.29) is 6.92 Å². The van der Waals surface area contributed by atoms with Gasteiger partial charge in [-0.2, -0.15) is 26.3 Å². The Bertz CT molecular complexity index is 174. The lowest BCUT2D eigenvalue weighted by molar-refractivity contribution is -0.354. The predicted molar refractivity (Wildman–Crippen MR) is 29.1 cm³/mol. The molecule has 0 unspecified atom stereocenters. The lowest BCUT2D eigenvalue weighted by Crippen LogP contribution is -2.54. The maximum Gasteiger partial charge on any atom is 0.374 e. The Morgan fingerprint density at radius 1 is 1.08 bits per heavy atom. The molecule has 0 aliphatic heterocycles. The minimum atomic E-state index is -5.57. The van der Waals surface area contributed by atoms with Crippen molar-refractivity contribution in [1.82, 2.24) is 0 Å². The molecule has 0 saturated carbocycles. The number of rotatable bonds is 4. The Balaban J connectivity index is 4.81. The quantitative estimate of drug-likeness (QED) is 0.440. The van der Waals surface area contributed by atoms with Gasteiger partial charge in [-0.3, -0.25) is 5.26 Å². The Morgan fingerprint density at radius 3 is 1.69 bits per heavy atom. The SMILES string of the molecule is CC(F)(F)C(F)(F)C(F)(F)COO. The van der Waals surface area contributed by atoms with Gasteiger partial charge in [0.2, 0.25) is 0 Å². The first-order valence-electron chi connectivity index (χ1n) is 2.96. The molecule has 8 heteroatoms. The van der Waals surface area contributed by atoms with Gasteiger partial charge in [0, 0.05) is 6.92 Å². The van der Waals surface area contributed by atoms with E-state index < -0.39 is 24.4 Å². The van der Waals surface area contributed by atoms with Crippen molar-refractivity contribution in [3.05, 3.63) is 0 Å². The number of hydrogen-bond acceptors (Lipinski definition) is 2. The van der Waals surface area contributed by atoms with E-state index in [4.69, 9.17) is 5.26 Å². The molecular formula is C5H6F6O2. The molecule has 0 radical (unpaired) electrons. The summed E-state index contributed by atoms with van der Waals surface area (Å²) in [5.41, 5.74) is 0. The maximum absolute atomic E-state index is 12.2. The topological polar surface area (TPSA) is 29.5 Å². The van der Waals surface area contributed by atoms with Gasteiger partial charge in [-0.25, -0.2) is 4.89 Å². The molecule has 0 aromatic rings. The van der Waals surface area contributed by atoms with E-state index in [2.05, 4.69) is 4.89 Å². The van der Waals surface area contributed by atoms with E-state index in [1.165, 1.54) is 0 Å². The lowest BCUT2D eigenvalue weighted by Gasteiger charge is -2.29. The van der Waals surface area contributed by atoms with Gasteiger partial charge in [0.1, 0.15) is 0 Å². The fourth-order valence-electron chi connectivity index (χ4n) is 0.493. The van der Waals surface area contributed by atoms with E-state index >= 15 is 0 Å². The molecule has 2 nitrogen and oxygen atoms in total. The Labute approximate surface area is 69.0 Å². The lowest BCUT2D eigenvalue weighted by atomic mass is 10.1. The summed E-state index contributed by atoms with van der Waals surface area (Å²) < 4.78 is 72.7. The van der Waals surface area contributed by atoms with E-state index in [9.17, 15) is 26.3 Å². The molecule has 0 amide bonds. The fraction of sp³-hybridized carbons (Fsp3) is 1.00. The first kappa shape index (κ1) is 12.5. The predicted octanol–water partition coefficient (Wildman–Crippen LogP) is 2.40. The van der Waals surface area contributed by atoms with Gasteiger partial charge >= 0.3 is 17.8 Å². The molecule has 0 bridgehead atoms. The average molecular weight is 212 g/mol. The summed E-state index contributed by atoms with van der Waals surface area (Å²) in [7, 11) is 0. The molecule has 80 valence electrons. The zero-order valence-electron chi connectivity index (χ0n) is 6.33. The summed E-state index contributed by atoms with van der Waals surface area (Å²) >= 11 is 0. The second kappa shape index (κ2) is 3.33. The Kier molecular flexibility index (Phi) is 3.21. The molecule has 0 aromatic heterocycles. The maximum atomic E-state index is 12.2. The van der Waals surface area contributed by atoms with Gasteiger partial charge < -0.3 is 0 Å². The number of alkyl halides is 6. The third-order valence-electron chi connectivity index (χ3n) is 1.26. The van der Waals surface area contributed by atoms with Crippen LogP contribution in [-0.4, -0.2) is 29.6 Å². The van der Waals surface area contributed by atoms with Gasteiger partial charge in [0.25, 0.3) is 0 Å². The van der Waals surface area contributed by atoms with Crippen LogP contribution < -0.4 is 0 Å². The van der Waals surface area contributed by atoms with Crippen molar-refractivity contribution in [2.24, 2.45) is 0 Å². The van der Waals surface area contributed by atoms with Crippen molar-refractivity contribution in [2.75, 3.05) is 6.61 Å². The average Bonchev–Trinajstić information content (AvgIpc) is 1.84. The summed E-state index contributed by atoms with van der Waals surface area (Å²) in [6.45, 7) is -2.54. The van der Waals surface area contributed by atoms with Crippen LogP contribution in [0.2, 0.25) is 0 Å². The number of halogens is 6. The van der Waals surface area contributed by atoms with Crippen molar-refractivity contribution in [1.29, 1.82) is 0 Å². The minimum Gasteiger partial charge on any atom is -0.252 e. The second-order valence-corrected chi connectivity index (χ2v) is 2.44. The first-order valence-corrected chi connectivity index (χ1v) is 2.96. The molecule has 0 aromatic carbocycles. The van der Waals surface area contributed by atoms with Gasteiger partial charge in [-0.05, 0) is 0 Å². The van der Waals surface area contributed by atoms with Gasteiger partial charge in [-0.15, -0.1) is 0 Å². The van der Waals surface area contributed by atoms with Crippen LogP contribution in [0.4, 0.5) is 26.3 Å². The molecule has 0 saturated heterocycles. The van der Waals surface area contributed by atoms with Crippen LogP contribution in [0.5, 0.6) is 0 Å². The largest absolute Gasteiger partial charge is 0.374 e. The normalized spacial score (nSPS) is 14.8. The van der Waals surface area contributed by atoms with Crippen molar-refractivity contribution in [2.45, 2.75) is 24.7 Å². The highest BCUT2D eigenvalue weighted by Crippen LogP contribution is 2.45. The van der Waals surface area contributed by atoms with Crippen LogP contribution >= 0.6 is 0 Å². The van der Waals surface area contributed by atoms with Crippen LogP contribution in [0.15, 0.2) is 0 Å². The zero-order valence-corrected chi connectivity index (χ0v) is 6.33. The molecule has 0 aliphatic carbocycles. The second-order valence-electron chi connectivity index (χ2n) is 2.44. The molecule has 0 spiro atoms. The van der Waals surface area contributed by atoms with E-state index in [0.29, 0.717) is 0 Å². The molecule has 13 heavy (non-hydrogen) atoms. The summed E-state index contributed by atoms with van der Waals surface area (Å²) in [5, 5.41) is 7.47. The van der Waals surface area contributed by atoms with E-state index in [0.717, 1.165) is 0 Å². The van der Waals surface area contributed by atoms with E-state index in [1.807, 2.05) is 0 Å². The third kappa shape index (κ3) is 2.25. The number of hydrogen-bond donors (Lipinski definition) is 1. The van der Waals surface area contributed by atoms with Crippen LogP contribution in [0.3, 0.4) is 0 Å². The summed E-state index contributed by atoms with van der Waals surface area (Å²) in [5.74, 6) is -15.6. The van der Waals surface area contributed by atoms with Crippen LogP contribution in [0.25, 0.3) is 0 Å². The summed E-state index contributed by atoms with van der Waals surface area (Å²) in [6, 6.07) is 0. The van der Waals surface area contributed by atoms with Gasteiger partial charge in [0.05, 0.1) is 0 Å². The summed E-state index contributed by atoms with van der Waals surface area (Å²) in [4.78, 5) is 2.72. The monoisotopic (exact) mass is 212 g/mol. The highest BCUT2D eigenvalue weighted by atomic mass is 19.3. The first-order chi connectivity index (χ1) is 5.56. The molecule has 0 atom stereocenters. The highest BCUT2D eigenvalue weighted by Gasteiger charge is 2.69. The highest BCUT2D eigenvalue weighted by molar-refractivity contribution is 4.93. The Morgan fingerprint density at radius 2 is 1.46 bits per heavy atom. The Hall–Kier alpha value is -0.500. The standard InChI is InChI=1S/C5H6F6O2/c1-3(6,7)5(10,11)4(8,9)2-13-12/h12H,2H2,1H3. The molecular weight excluding hydrogens is 206 g/mol. The molecule has 0 heterocycles. The molecule has 0 aliphatic rings. The zero-order chi connectivity index (χ0) is 10.9. The fourth-order valence-corrected chi connectivity index (χ4v) is 0.493. The van der Waals surface area contributed by atoms with Crippen molar-refractivity contribution in [3.63, 3.8) is 0 Å². The van der Waals surface area contributed by atoms with Crippen LogP contribution in [0, 0.1) is 0 Å². The smallest absolute Gasteiger partial charge is 0.252 e.